The van der Waals surface area contributed by atoms with Crippen molar-refractivity contribution in [1.29, 1.82) is 0 Å². The van der Waals surface area contributed by atoms with Crippen LogP contribution in [-0.2, 0) is 4.79 Å². The molecule has 1 aromatic rings. The molecule has 0 aliphatic rings. The largest absolute Gasteiger partial charge is 0.479 e. The van der Waals surface area contributed by atoms with Crippen LogP contribution in [0.4, 0.5) is 0 Å². The third kappa shape index (κ3) is 3.97. The predicted molar refractivity (Wildman–Crippen MR) is 69.8 cm³/mol. The van der Waals surface area contributed by atoms with Gasteiger partial charge in [0.1, 0.15) is 0 Å². The molecule has 1 unspecified atom stereocenters. The van der Waals surface area contributed by atoms with Crippen LogP contribution >= 0.6 is 22.6 Å². The molecule has 1 amide bonds. The van der Waals surface area contributed by atoms with Gasteiger partial charge in [-0.15, -0.1) is 0 Å². The zero-order chi connectivity index (χ0) is 13.1. The molecule has 0 fully saturated rings. The molecule has 5 nitrogen and oxygen atoms in total. The molecule has 1 atom stereocenters. The summed E-state index contributed by atoms with van der Waals surface area (Å²) in [6, 6.07) is 6.86. The number of carboxylic acids is 1. The second-order valence-electron chi connectivity index (χ2n) is 3.77. The highest BCUT2D eigenvalue weighted by Crippen LogP contribution is 2.08. The van der Waals surface area contributed by atoms with E-state index in [2.05, 4.69) is 27.9 Å². The second kappa shape index (κ2) is 5.46. The summed E-state index contributed by atoms with van der Waals surface area (Å²) in [5.74, 6) is -1.79. The maximum Gasteiger partial charge on any atom is 0.337 e. The van der Waals surface area contributed by atoms with E-state index in [4.69, 9.17) is 5.11 Å². The minimum Gasteiger partial charge on any atom is -0.479 e. The van der Waals surface area contributed by atoms with E-state index in [1.165, 1.54) is 0 Å². The summed E-state index contributed by atoms with van der Waals surface area (Å²) in [4.78, 5) is 22.3. The third-order valence-electron chi connectivity index (χ3n) is 2.14. The Labute approximate surface area is 112 Å². The van der Waals surface area contributed by atoms with E-state index < -0.39 is 17.5 Å². The van der Waals surface area contributed by atoms with E-state index in [-0.39, 0.29) is 6.54 Å². The second-order valence-corrected chi connectivity index (χ2v) is 5.02. The lowest BCUT2D eigenvalue weighted by Gasteiger charge is -2.18. The summed E-state index contributed by atoms with van der Waals surface area (Å²) in [6.45, 7) is 0.789. The predicted octanol–water partition coefficient (Wildman–Crippen LogP) is 0.857. The molecule has 6 heteroatoms. The average Bonchev–Trinajstić information content (AvgIpc) is 2.25. The number of hydrogen-bond donors (Lipinski definition) is 3. The minimum atomic E-state index is -1.96. The molecular formula is C11H12INO4. The van der Waals surface area contributed by atoms with Crippen LogP contribution in [0.1, 0.15) is 17.3 Å². The molecule has 0 aromatic heterocycles. The van der Waals surface area contributed by atoms with Crippen LogP contribution in [0.15, 0.2) is 24.3 Å². The van der Waals surface area contributed by atoms with E-state index in [9.17, 15) is 14.7 Å². The summed E-state index contributed by atoms with van der Waals surface area (Å²) in [5.41, 5.74) is -1.53. The van der Waals surface area contributed by atoms with Crippen LogP contribution < -0.4 is 5.32 Å². The van der Waals surface area contributed by atoms with E-state index in [0.717, 1.165) is 10.5 Å². The lowest BCUT2D eigenvalue weighted by molar-refractivity contribution is -0.155. The molecule has 3 N–H and O–H groups in total. The van der Waals surface area contributed by atoms with Gasteiger partial charge in [-0.05, 0) is 47.7 Å². The summed E-state index contributed by atoms with van der Waals surface area (Å²) < 4.78 is 0.903. The molecule has 0 saturated carbocycles. The van der Waals surface area contributed by atoms with Gasteiger partial charge in [-0.25, -0.2) is 4.79 Å². The molecule has 0 spiro atoms. The lowest BCUT2D eigenvalue weighted by atomic mass is 10.1. The maximum atomic E-state index is 11.6. The van der Waals surface area contributed by atoms with E-state index in [0.29, 0.717) is 5.56 Å². The van der Waals surface area contributed by atoms with Crippen molar-refractivity contribution < 1.29 is 19.8 Å². The first kappa shape index (κ1) is 13.9. The Morgan fingerprint density at radius 3 is 2.65 bits per heavy atom. The van der Waals surface area contributed by atoms with E-state index in [1.807, 2.05) is 6.07 Å². The number of amides is 1. The number of aliphatic carboxylic acids is 1. The van der Waals surface area contributed by atoms with Gasteiger partial charge in [-0.1, -0.05) is 6.07 Å². The number of halogens is 1. The molecular weight excluding hydrogens is 337 g/mol. The van der Waals surface area contributed by atoms with Crippen LogP contribution in [0.25, 0.3) is 0 Å². The van der Waals surface area contributed by atoms with Gasteiger partial charge >= 0.3 is 5.97 Å². The van der Waals surface area contributed by atoms with Crippen molar-refractivity contribution in [3.8, 4) is 0 Å². The SMILES string of the molecule is CC(O)(CNC(=O)c1cccc(I)c1)C(=O)O. The van der Waals surface area contributed by atoms with Gasteiger partial charge in [0.25, 0.3) is 5.91 Å². The molecule has 0 bridgehead atoms. The molecule has 0 saturated heterocycles. The smallest absolute Gasteiger partial charge is 0.337 e. The summed E-state index contributed by atoms with van der Waals surface area (Å²) >= 11 is 2.07. The number of carboxylic acid groups (broad SMARTS) is 1. The molecule has 0 aliphatic heterocycles. The summed E-state index contributed by atoms with van der Waals surface area (Å²) in [6.07, 6.45) is 0. The monoisotopic (exact) mass is 349 g/mol. The van der Waals surface area contributed by atoms with Crippen molar-refractivity contribution in [2.24, 2.45) is 0 Å². The number of carbonyl (C=O) groups is 2. The maximum absolute atomic E-state index is 11.6. The van der Waals surface area contributed by atoms with Gasteiger partial charge < -0.3 is 15.5 Å². The Balaban J connectivity index is 2.65. The zero-order valence-electron chi connectivity index (χ0n) is 9.11. The molecule has 0 heterocycles. The van der Waals surface area contributed by atoms with Crippen molar-refractivity contribution in [3.05, 3.63) is 33.4 Å². The summed E-state index contributed by atoms with van der Waals surface area (Å²) in [5, 5.41) is 20.5. The number of benzene rings is 1. The fourth-order valence-corrected chi connectivity index (χ4v) is 1.60. The standard InChI is InChI=1S/C11H12INO4/c1-11(17,10(15)16)6-13-9(14)7-3-2-4-8(12)5-7/h2-5,17H,6H2,1H3,(H,13,14)(H,15,16). The van der Waals surface area contributed by atoms with E-state index >= 15 is 0 Å². The molecule has 0 radical (unpaired) electrons. The lowest BCUT2D eigenvalue weighted by Crippen LogP contribution is -2.46. The Morgan fingerprint density at radius 2 is 2.12 bits per heavy atom. The van der Waals surface area contributed by atoms with Gasteiger partial charge in [0.15, 0.2) is 5.60 Å². The van der Waals surface area contributed by atoms with Crippen molar-refractivity contribution >= 4 is 34.5 Å². The average molecular weight is 349 g/mol. The van der Waals surface area contributed by atoms with Crippen LogP contribution in [0.2, 0.25) is 0 Å². The van der Waals surface area contributed by atoms with Crippen LogP contribution in [-0.4, -0.2) is 34.2 Å². The van der Waals surface area contributed by atoms with Crippen molar-refractivity contribution in [2.75, 3.05) is 6.54 Å². The van der Waals surface area contributed by atoms with Crippen LogP contribution in [0.3, 0.4) is 0 Å². The van der Waals surface area contributed by atoms with Gasteiger partial charge in [0, 0.05) is 9.13 Å². The fraction of sp³-hybridized carbons (Fsp3) is 0.273. The Morgan fingerprint density at radius 1 is 1.47 bits per heavy atom. The Hall–Kier alpha value is -1.15. The number of nitrogens with one attached hydrogen (secondary N) is 1. The fourth-order valence-electron chi connectivity index (χ4n) is 1.06. The number of rotatable bonds is 4. The molecule has 1 aromatic carbocycles. The highest BCUT2D eigenvalue weighted by Gasteiger charge is 2.30. The highest BCUT2D eigenvalue weighted by atomic mass is 127. The van der Waals surface area contributed by atoms with Gasteiger partial charge in [-0.2, -0.15) is 0 Å². The molecule has 92 valence electrons. The number of hydrogen-bond acceptors (Lipinski definition) is 3. The first-order valence-corrected chi connectivity index (χ1v) is 5.90. The molecule has 17 heavy (non-hydrogen) atoms. The van der Waals surface area contributed by atoms with Crippen LogP contribution in [0.5, 0.6) is 0 Å². The van der Waals surface area contributed by atoms with Crippen molar-refractivity contribution in [1.82, 2.24) is 5.32 Å². The zero-order valence-corrected chi connectivity index (χ0v) is 11.3. The molecule has 0 aliphatic carbocycles. The Kier molecular flexibility index (Phi) is 4.47. The molecule has 1 rings (SSSR count). The van der Waals surface area contributed by atoms with Crippen molar-refractivity contribution in [2.45, 2.75) is 12.5 Å². The Bertz CT molecular complexity index is 445. The van der Waals surface area contributed by atoms with Gasteiger partial charge in [0.2, 0.25) is 0 Å². The van der Waals surface area contributed by atoms with Gasteiger partial charge in [-0.3, -0.25) is 4.79 Å². The first-order valence-electron chi connectivity index (χ1n) is 4.82. The highest BCUT2D eigenvalue weighted by molar-refractivity contribution is 14.1. The van der Waals surface area contributed by atoms with Gasteiger partial charge in [0.05, 0.1) is 6.54 Å². The first-order chi connectivity index (χ1) is 7.83. The summed E-state index contributed by atoms with van der Waals surface area (Å²) in [7, 11) is 0. The number of carbonyl (C=O) groups excluding carboxylic acids is 1. The number of aliphatic hydroxyl groups is 1. The minimum absolute atomic E-state index is 0.341. The third-order valence-corrected chi connectivity index (χ3v) is 2.81. The quantitative estimate of drug-likeness (QED) is 0.704. The topological polar surface area (TPSA) is 86.6 Å². The normalized spacial score (nSPS) is 13.8. The van der Waals surface area contributed by atoms with Crippen LogP contribution in [0, 0.1) is 3.57 Å². The van der Waals surface area contributed by atoms with Crippen molar-refractivity contribution in [3.63, 3.8) is 0 Å². The van der Waals surface area contributed by atoms with E-state index in [1.54, 1.807) is 18.2 Å².